The van der Waals surface area contributed by atoms with Crippen LogP contribution in [0.1, 0.15) is 54.3 Å². The van der Waals surface area contributed by atoms with Crippen LogP contribution < -0.4 is 15.5 Å². The van der Waals surface area contributed by atoms with E-state index in [4.69, 9.17) is 23.2 Å². The maximum atomic E-state index is 12.9. The fraction of sp³-hybridized carbons (Fsp3) is 0.391. The van der Waals surface area contributed by atoms with Crippen LogP contribution in [-0.2, 0) is 0 Å². The molecule has 1 saturated heterocycles. The van der Waals surface area contributed by atoms with Crippen molar-refractivity contribution in [1.82, 2.24) is 5.32 Å². The number of amides is 2. The quantitative estimate of drug-likeness (QED) is 0.624. The Kier molecular flexibility index (Phi) is 7.27. The molecule has 0 spiro atoms. The molecule has 2 aromatic carbocycles. The van der Waals surface area contributed by atoms with Crippen molar-refractivity contribution >= 4 is 46.4 Å². The van der Waals surface area contributed by atoms with Crippen molar-refractivity contribution in [3.63, 3.8) is 0 Å². The number of nitrogens with zero attached hydrogens (tertiary/aromatic N) is 1. The summed E-state index contributed by atoms with van der Waals surface area (Å²) in [5.41, 5.74) is 2.40. The molecule has 2 amide bonds. The molecule has 0 atom stereocenters. The van der Waals surface area contributed by atoms with E-state index in [-0.39, 0.29) is 17.9 Å². The Morgan fingerprint density at radius 2 is 1.70 bits per heavy atom. The topological polar surface area (TPSA) is 61.4 Å². The lowest BCUT2D eigenvalue weighted by Gasteiger charge is -2.33. The normalized spacial score (nSPS) is 14.7. The number of nitrogens with one attached hydrogen (secondary N) is 2. The Hall–Kier alpha value is -2.24. The van der Waals surface area contributed by atoms with Gasteiger partial charge in [-0.15, -0.1) is 0 Å². The second kappa shape index (κ2) is 9.71. The Morgan fingerprint density at radius 3 is 2.33 bits per heavy atom. The van der Waals surface area contributed by atoms with E-state index in [0.717, 1.165) is 31.6 Å². The number of carbonyl (C=O) groups excluding carboxylic acids is 2. The van der Waals surface area contributed by atoms with Gasteiger partial charge in [0.25, 0.3) is 11.8 Å². The third kappa shape index (κ3) is 5.46. The monoisotopic (exact) mass is 447 g/mol. The molecule has 1 aliphatic heterocycles. The molecular weight excluding hydrogens is 421 g/mol. The summed E-state index contributed by atoms with van der Waals surface area (Å²) in [7, 11) is 0. The third-order valence-corrected chi connectivity index (χ3v) is 5.96. The highest BCUT2D eigenvalue weighted by Gasteiger charge is 2.22. The molecule has 0 bridgehead atoms. The average Bonchev–Trinajstić information content (AvgIpc) is 2.70. The minimum absolute atomic E-state index is 0.0150. The minimum atomic E-state index is -0.316. The summed E-state index contributed by atoms with van der Waals surface area (Å²) >= 11 is 12.0. The smallest absolute Gasteiger partial charge is 0.255 e. The molecule has 0 aromatic heterocycles. The molecule has 0 saturated carbocycles. The number of rotatable bonds is 5. The van der Waals surface area contributed by atoms with Crippen molar-refractivity contribution < 1.29 is 9.59 Å². The fourth-order valence-corrected chi connectivity index (χ4v) is 3.80. The van der Waals surface area contributed by atoms with Crippen LogP contribution in [0.3, 0.4) is 0 Å². The molecule has 1 fully saturated rings. The number of hydrogen-bond donors (Lipinski definition) is 2. The SMILES string of the molecule is CC1CCN(c2ccc(NC(=O)c3ccc(Cl)c(Cl)c3)cc2C(=O)NC(C)C)CC1. The zero-order valence-electron chi connectivity index (χ0n) is 17.5. The third-order valence-electron chi connectivity index (χ3n) is 5.22. The molecular formula is C23H27Cl2N3O2. The first kappa shape index (κ1) is 22.4. The highest BCUT2D eigenvalue weighted by Crippen LogP contribution is 2.29. The highest BCUT2D eigenvalue weighted by atomic mass is 35.5. The zero-order valence-corrected chi connectivity index (χ0v) is 19.0. The van der Waals surface area contributed by atoms with Gasteiger partial charge in [-0.25, -0.2) is 0 Å². The Balaban J connectivity index is 1.87. The molecule has 1 aliphatic rings. The molecule has 7 heteroatoms. The summed E-state index contributed by atoms with van der Waals surface area (Å²) in [6, 6.07) is 10.2. The Bertz CT molecular complexity index is 938. The summed E-state index contributed by atoms with van der Waals surface area (Å²) in [6.45, 7) is 7.94. The van der Waals surface area contributed by atoms with E-state index >= 15 is 0 Å². The second-order valence-electron chi connectivity index (χ2n) is 8.11. The van der Waals surface area contributed by atoms with E-state index in [1.165, 1.54) is 6.07 Å². The predicted molar refractivity (Wildman–Crippen MR) is 124 cm³/mol. The van der Waals surface area contributed by atoms with Gasteiger partial charge >= 0.3 is 0 Å². The summed E-state index contributed by atoms with van der Waals surface area (Å²) < 4.78 is 0. The molecule has 0 radical (unpaired) electrons. The molecule has 2 N–H and O–H groups in total. The summed E-state index contributed by atoms with van der Waals surface area (Å²) in [5.74, 6) is 0.228. The van der Waals surface area contributed by atoms with Crippen molar-refractivity contribution in [3.05, 3.63) is 57.6 Å². The van der Waals surface area contributed by atoms with Crippen LogP contribution in [0.2, 0.25) is 10.0 Å². The second-order valence-corrected chi connectivity index (χ2v) is 8.93. The first-order valence-corrected chi connectivity index (χ1v) is 11.0. The lowest BCUT2D eigenvalue weighted by molar-refractivity contribution is 0.0942. The summed E-state index contributed by atoms with van der Waals surface area (Å²) in [6.07, 6.45) is 2.20. The van der Waals surface area contributed by atoms with Crippen LogP contribution in [-0.4, -0.2) is 30.9 Å². The lowest BCUT2D eigenvalue weighted by atomic mass is 9.97. The number of halogens is 2. The van der Waals surface area contributed by atoms with E-state index in [2.05, 4.69) is 22.5 Å². The largest absolute Gasteiger partial charge is 0.371 e. The van der Waals surface area contributed by atoms with Crippen molar-refractivity contribution in [3.8, 4) is 0 Å². The molecule has 3 rings (SSSR count). The molecule has 2 aromatic rings. The Labute approximate surface area is 187 Å². The average molecular weight is 448 g/mol. The zero-order chi connectivity index (χ0) is 21.8. The molecule has 0 unspecified atom stereocenters. The fourth-order valence-electron chi connectivity index (χ4n) is 3.50. The van der Waals surface area contributed by atoms with Crippen LogP contribution in [0.25, 0.3) is 0 Å². The minimum Gasteiger partial charge on any atom is -0.371 e. The lowest BCUT2D eigenvalue weighted by Crippen LogP contribution is -2.36. The molecule has 160 valence electrons. The maximum Gasteiger partial charge on any atom is 0.255 e. The van der Waals surface area contributed by atoms with Crippen molar-refractivity contribution in [2.24, 2.45) is 5.92 Å². The van der Waals surface area contributed by atoms with Gasteiger partial charge in [-0.1, -0.05) is 30.1 Å². The molecule has 0 aliphatic carbocycles. The van der Waals surface area contributed by atoms with Gasteiger partial charge in [-0.2, -0.15) is 0 Å². The van der Waals surface area contributed by atoms with Gasteiger partial charge in [0.2, 0.25) is 0 Å². The van der Waals surface area contributed by atoms with E-state index in [9.17, 15) is 9.59 Å². The maximum absolute atomic E-state index is 12.9. The molecule has 1 heterocycles. The summed E-state index contributed by atoms with van der Waals surface area (Å²) in [5, 5.41) is 6.52. The van der Waals surface area contributed by atoms with Crippen molar-refractivity contribution in [2.45, 2.75) is 39.7 Å². The highest BCUT2D eigenvalue weighted by molar-refractivity contribution is 6.42. The van der Waals surface area contributed by atoms with E-state index < -0.39 is 0 Å². The van der Waals surface area contributed by atoms with Gasteiger partial charge in [0.05, 0.1) is 15.6 Å². The predicted octanol–water partition coefficient (Wildman–Crippen LogP) is 5.62. The van der Waals surface area contributed by atoms with E-state index in [1.807, 2.05) is 26.0 Å². The number of anilines is 2. The number of carbonyl (C=O) groups is 2. The van der Waals surface area contributed by atoms with Crippen LogP contribution >= 0.6 is 23.2 Å². The van der Waals surface area contributed by atoms with Gasteiger partial charge in [-0.3, -0.25) is 9.59 Å². The van der Waals surface area contributed by atoms with Crippen LogP contribution in [0, 0.1) is 5.92 Å². The number of piperidine rings is 1. The van der Waals surface area contributed by atoms with Crippen LogP contribution in [0.5, 0.6) is 0 Å². The molecule has 5 nitrogen and oxygen atoms in total. The summed E-state index contributed by atoms with van der Waals surface area (Å²) in [4.78, 5) is 27.8. The van der Waals surface area contributed by atoms with Gasteiger partial charge in [-0.05, 0) is 69.0 Å². The van der Waals surface area contributed by atoms with Gasteiger partial charge in [0.1, 0.15) is 0 Å². The number of hydrogen-bond acceptors (Lipinski definition) is 3. The van der Waals surface area contributed by atoms with Crippen molar-refractivity contribution in [2.75, 3.05) is 23.3 Å². The van der Waals surface area contributed by atoms with Crippen molar-refractivity contribution in [1.29, 1.82) is 0 Å². The Morgan fingerprint density at radius 1 is 1.00 bits per heavy atom. The van der Waals surface area contributed by atoms with Gasteiger partial charge in [0.15, 0.2) is 0 Å². The first-order chi connectivity index (χ1) is 14.2. The molecule has 30 heavy (non-hydrogen) atoms. The van der Waals surface area contributed by atoms with E-state index in [0.29, 0.717) is 32.8 Å². The van der Waals surface area contributed by atoms with Gasteiger partial charge < -0.3 is 15.5 Å². The standard InChI is InChI=1S/C23H27Cl2N3O2/c1-14(2)26-23(30)18-13-17(5-7-21(18)28-10-8-15(3)9-11-28)27-22(29)16-4-6-19(24)20(25)12-16/h4-7,12-15H,8-11H2,1-3H3,(H,26,30)(H,27,29). The van der Waals surface area contributed by atoms with Crippen LogP contribution in [0.15, 0.2) is 36.4 Å². The van der Waals surface area contributed by atoms with Gasteiger partial charge in [0, 0.05) is 36.1 Å². The number of benzene rings is 2. The first-order valence-electron chi connectivity index (χ1n) is 10.2. The van der Waals surface area contributed by atoms with Crippen LogP contribution in [0.4, 0.5) is 11.4 Å². The van der Waals surface area contributed by atoms with E-state index in [1.54, 1.807) is 18.2 Å².